The number of hydrogen-bond donors (Lipinski definition) is 8. The van der Waals surface area contributed by atoms with Gasteiger partial charge in [-0.15, -0.1) is 5.10 Å². The summed E-state index contributed by atoms with van der Waals surface area (Å²) in [7, 11) is -8.81. The first kappa shape index (κ1) is 25.0. The lowest BCUT2D eigenvalue weighted by Crippen LogP contribution is -2.38. The van der Waals surface area contributed by atoms with E-state index >= 15 is 0 Å². The fourth-order valence-corrected chi connectivity index (χ4v) is 7.33. The summed E-state index contributed by atoms with van der Waals surface area (Å²) in [5.41, 5.74) is 18.3. The van der Waals surface area contributed by atoms with Crippen molar-refractivity contribution in [2.24, 2.45) is 10.9 Å². The molecule has 5 rings (SSSR count). The molecule has 0 unspecified atom stereocenters. The Morgan fingerprint density at radius 3 is 2.56 bits per heavy atom. The highest BCUT2D eigenvalue weighted by Crippen LogP contribution is 2.38. The highest BCUT2D eigenvalue weighted by molar-refractivity contribution is 7.92. The molecule has 0 radical (unpaired) electrons. The summed E-state index contributed by atoms with van der Waals surface area (Å²) < 4.78 is 56.8. The van der Waals surface area contributed by atoms with Crippen LogP contribution in [0.25, 0.3) is 22.3 Å². The Hall–Kier alpha value is -2.65. The fourth-order valence-electron chi connectivity index (χ4n) is 4.40. The fraction of sp³-hybridized carbons (Fsp3) is 0.389. The average molecular weight is 539 g/mol. The Morgan fingerprint density at radius 2 is 1.89 bits per heavy atom. The predicted octanol–water partition coefficient (Wildman–Crippen LogP) is -3.14. The molecule has 2 aliphatic rings. The molecule has 1 aromatic carbocycles. The van der Waals surface area contributed by atoms with Crippen molar-refractivity contribution >= 4 is 31.2 Å². The molecule has 10 N–H and O–H groups in total. The van der Waals surface area contributed by atoms with Gasteiger partial charge in [-0.25, -0.2) is 47.2 Å². The molecule has 0 bridgehead atoms. The molecule has 0 spiro atoms. The van der Waals surface area contributed by atoms with E-state index in [0.29, 0.717) is 54.9 Å². The van der Waals surface area contributed by atoms with Crippen LogP contribution in [0.15, 0.2) is 34.2 Å². The van der Waals surface area contributed by atoms with Gasteiger partial charge in [-0.3, -0.25) is 0 Å². The minimum absolute atomic E-state index is 0.0725. The Bertz CT molecular complexity index is 1500. The van der Waals surface area contributed by atoms with E-state index in [1.165, 1.54) is 23.0 Å². The summed E-state index contributed by atoms with van der Waals surface area (Å²) in [6, 6.07) is 4.01. The van der Waals surface area contributed by atoms with Gasteiger partial charge in [-0.05, 0) is 30.7 Å². The summed E-state index contributed by atoms with van der Waals surface area (Å²) in [6.45, 7) is 1.77. The lowest BCUT2D eigenvalue weighted by Gasteiger charge is -2.22. The van der Waals surface area contributed by atoms with Crippen molar-refractivity contribution in [1.82, 2.24) is 51.9 Å². The Balaban J connectivity index is 1.76. The van der Waals surface area contributed by atoms with E-state index < -0.39 is 36.0 Å². The van der Waals surface area contributed by atoms with Gasteiger partial charge in [-0.2, -0.15) is 11.1 Å². The second-order valence-corrected chi connectivity index (χ2v) is 11.5. The molecule has 3 aromatic rings. The number of fused-ring (bicyclic) bond motifs is 1. The Kier molecular flexibility index (Phi) is 6.72. The van der Waals surface area contributed by atoms with Gasteiger partial charge in [0.05, 0.1) is 6.54 Å². The third-order valence-electron chi connectivity index (χ3n) is 5.93. The number of rotatable bonds is 8. The molecule has 194 valence electrons. The maximum absolute atomic E-state index is 13.4. The number of pyridine rings is 1. The smallest absolute Gasteiger partial charge is 0.242 e. The Labute approximate surface area is 206 Å². The molecule has 2 aromatic heterocycles. The van der Waals surface area contributed by atoms with Crippen molar-refractivity contribution in [1.29, 1.82) is 0 Å². The van der Waals surface area contributed by atoms with Crippen LogP contribution in [0.2, 0.25) is 0 Å². The number of hydrogen-bond acceptors (Lipinski definition) is 13. The first-order valence-corrected chi connectivity index (χ1v) is 14.1. The van der Waals surface area contributed by atoms with Crippen LogP contribution in [0.4, 0.5) is 0 Å². The molecule has 36 heavy (non-hydrogen) atoms. The first-order chi connectivity index (χ1) is 17.2. The molecule has 1 atom stereocenters. The summed E-state index contributed by atoms with van der Waals surface area (Å²) in [6.07, 6.45) is 1.21. The number of benzene rings is 1. The molecule has 2 fully saturated rings. The maximum Gasteiger partial charge on any atom is 0.242 e. The highest BCUT2D eigenvalue weighted by atomic mass is 32.2. The maximum atomic E-state index is 13.4. The van der Waals surface area contributed by atoms with E-state index in [1.54, 1.807) is 6.07 Å². The van der Waals surface area contributed by atoms with Crippen LogP contribution in [0, 0.1) is 0 Å². The standard InChI is InChI=1S/C18H26N12O4S2/c19-5-8-30-18-15(23-29-30)12(4-7-22-18)11-1-2-13(36(33,34)26-10-3-6-21-9-10)16(35(20,31)32)14(11)17-24-27-28-25-17/h1-2,4,7,10,17,21,24-28H,3,5-6,8-9,19H2,(H2,20,31,32)/t10-/m1/s1. The van der Waals surface area contributed by atoms with E-state index in [9.17, 15) is 16.8 Å². The minimum Gasteiger partial charge on any atom is -0.329 e. The van der Waals surface area contributed by atoms with Crippen molar-refractivity contribution in [3.8, 4) is 11.1 Å². The molecule has 2 aliphatic heterocycles. The van der Waals surface area contributed by atoms with Gasteiger partial charge in [0.25, 0.3) is 0 Å². The van der Waals surface area contributed by atoms with Crippen LogP contribution in [0.1, 0.15) is 18.2 Å². The zero-order chi connectivity index (χ0) is 25.5. The molecule has 16 nitrogen and oxygen atoms in total. The van der Waals surface area contributed by atoms with E-state index in [-0.39, 0.29) is 11.6 Å². The lowest BCUT2D eigenvalue weighted by atomic mass is 9.98. The van der Waals surface area contributed by atoms with E-state index in [2.05, 4.69) is 47.3 Å². The highest BCUT2D eigenvalue weighted by Gasteiger charge is 2.35. The second-order valence-electron chi connectivity index (χ2n) is 8.31. The Morgan fingerprint density at radius 1 is 1.11 bits per heavy atom. The largest absolute Gasteiger partial charge is 0.329 e. The zero-order valence-corrected chi connectivity index (χ0v) is 20.5. The van der Waals surface area contributed by atoms with Gasteiger partial charge in [0.2, 0.25) is 20.0 Å². The number of nitrogens with two attached hydrogens (primary N) is 2. The summed E-state index contributed by atoms with van der Waals surface area (Å²) >= 11 is 0. The first-order valence-electron chi connectivity index (χ1n) is 11.0. The van der Waals surface area contributed by atoms with Crippen molar-refractivity contribution in [3.63, 3.8) is 0 Å². The number of primary sulfonamides is 1. The molecule has 2 saturated heterocycles. The van der Waals surface area contributed by atoms with Crippen LogP contribution in [0.5, 0.6) is 0 Å². The van der Waals surface area contributed by atoms with Gasteiger partial charge in [0.1, 0.15) is 21.5 Å². The molecule has 18 heteroatoms. The van der Waals surface area contributed by atoms with Crippen LogP contribution in [-0.4, -0.2) is 62.5 Å². The molecule has 0 aliphatic carbocycles. The van der Waals surface area contributed by atoms with Crippen molar-refractivity contribution < 1.29 is 16.8 Å². The van der Waals surface area contributed by atoms with Gasteiger partial charge < -0.3 is 11.1 Å². The van der Waals surface area contributed by atoms with Crippen LogP contribution in [0.3, 0.4) is 0 Å². The number of sulfonamides is 2. The van der Waals surface area contributed by atoms with Crippen LogP contribution in [-0.2, 0) is 26.6 Å². The number of hydrazine groups is 3. The average Bonchev–Trinajstić information content (AvgIpc) is 3.60. The van der Waals surface area contributed by atoms with Crippen LogP contribution < -0.4 is 42.8 Å². The number of nitrogens with one attached hydrogen (secondary N) is 6. The molecule has 0 amide bonds. The second kappa shape index (κ2) is 9.67. The number of aromatic nitrogens is 4. The molecule has 4 heterocycles. The van der Waals surface area contributed by atoms with E-state index in [1.807, 2.05) is 0 Å². The van der Waals surface area contributed by atoms with Crippen molar-refractivity contribution in [3.05, 3.63) is 30.0 Å². The van der Waals surface area contributed by atoms with Crippen molar-refractivity contribution in [2.45, 2.75) is 35.0 Å². The number of nitrogens with zero attached hydrogens (tertiary/aromatic N) is 4. The normalized spacial score (nSPS) is 19.4. The third kappa shape index (κ3) is 4.59. The predicted molar refractivity (Wildman–Crippen MR) is 128 cm³/mol. The molecule has 0 saturated carbocycles. The SMILES string of the molecule is NCCn1nnc2c(-c3ccc(S(=O)(=O)N[C@@H]4CCNC4)c(S(N)(=O)=O)c3C3NNNN3)ccnc21. The van der Waals surface area contributed by atoms with Crippen LogP contribution >= 0.6 is 0 Å². The van der Waals surface area contributed by atoms with Gasteiger partial charge >= 0.3 is 0 Å². The van der Waals surface area contributed by atoms with E-state index in [0.717, 1.165) is 0 Å². The quantitative estimate of drug-likeness (QED) is 0.142. The summed E-state index contributed by atoms with van der Waals surface area (Å²) in [4.78, 5) is 3.33. The monoisotopic (exact) mass is 538 g/mol. The summed E-state index contributed by atoms with van der Waals surface area (Å²) in [5.74, 6) is 0. The molecular formula is C18H26N12O4S2. The topological polar surface area (TPSA) is 236 Å². The molecular weight excluding hydrogens is 512 g/mol. The van der Waals surface area contributed by atoms with Gasteiger partial charge in [0, 0.05) is 36.5 Å². The van der Waals surface area contributed by atoms with Gasteiger partial charge in [-0.1, -0.05) is 11.3 Å². The van der Waals surface area contributed by atoms with Crippen molar-refractivity contribution in [2.75, 3.05) is 19.6 Å². The van der Waals surface area contributed by atoms with E-state index in [4.69, 9.17) is 10.9 Å². The minimum atomic E-state index is -4.55. The lowest BCUT2D eigenvalue weighted by molar-refractivity contribution is 0.530. The zero-order valence-electron chi connectivity index (χ0n) is 18.9. The van der Waals surface area contributed by atoms with Gasteiger partial charge in [0.15, 0.2) is 5.65 Å². The third-order valence-corrected chi connectivity index (χ3v) is 8.63. The summed E-state index contributed by atoms with van der Waals surface area (Å²) in [5, 5.41) is 17.0.